The molecule has 0 spiro atoms. The highest BCUT2D eigenvalue weighted by atomic mass is 16.3. The van der Waals surface area contributed by atoms with Gasteiger partial charge in [0, 0.05) is 25.6 Å². The van der Waals surface area contributed by atoms with E-state index in [1.165, 1.54) is 12.8 Å². The van der Waals surface area contributed by atoms with Gasteiger partial charge in [0.2, 0.25) is 11.8 Å². The lowest BCUT2D eigenvalue weighted by molar-refractivity contribution is -0.137. The van der Waals surface area contributed by atoms with Crippen LogP contribution in [0, 0.1) is 5.92 Å². The van der Waals surface area contributed by atoms with Gasteiger partial charge in [-0.3, -0.25) is 9.59 Å². The maximum absolute atomic E-state index is 12.6. The lowest BCUT2D eigenvalue weighted by Crippen LogP contribution is -2.42. The molecule has 20 heavy (non-hydrogen) atoms. The van der Waals surface area contributed by atoms with Crippen molar-refractivity contribution in [1.82, 2.24) is 9.80 Å². The number of hydrogen-bond donors (Lipinski definition) is 1. The van der Waals surface area contributed by atoms with Crippen LogP contribution in [0.15, 0.2) is 0 Å². The molecule has 2 amide bonds. The fraction of sp³-hybridized carbons (Fsp3) is 0.867. The van der Waals surface area contributed by atoms with Gasteiger partial charge in [0.25, 0.3) is 0 Å². The predicted octanol–water partition coefficient (Wildman–Crippen LogP) is 0.761. The minimum absolute atomic E-state index is 0.0295. The molecule has 0 aromatic rings. The maximum Gasteiger partial charge on any atom is 0.228 e. The van der Waals surface area contributed by atoms with Crippen molar-refractivity contribution in [2.24, 2.45) is 5.92 Å². The van der Waals surface area contributed by atoms with E-state index in [0.29, 0.717) is 19.0 Å². The number of aliphatic hydroxyl groups excluding tert-OH is 1. The van der Waals surface area contributed by atoms with Gasteiger partial charge in [0.1, 0.15) is 0 Å². The standard InChI is InChI=1S/C15H24N2O3/c18-10-13-6-3-7-16(13)15(20)11-8-14(19)17(9-11)12-4-1-2-5-12/h11-13,18H,1-10H2/t11?,13-/m1/s1. The van der Waals surface area contributed by atoms with E-state index in [2.05, 4.69) is 0 Å². The van der Waals surface area contributed by atoms with E-state index < -0.39 is 0 Å². The molecule has 1 saturated carbocycles. The largest absolute Gasteiger partial charge is 0.394 e. The number of carbonyl (C=O) groups is 2. The lowest BCUT2D eigenvalue weighted by Gasteiger charge is -2.27. The second-order valence-electron chi connectivity index (χ2n) is 6.40. The second-order valence-corrected chi connectivity index (χ2v) is 6.40. The number of amides is 2. The molecule has 3 aliphatic rings. The Labute approximate surface area is 119 Å². The van der Waals surface area contributed by atoms with Crippen LogP contribution in [0.5, 0.6) is 0 Å². The van der Waals surface area contributed by atoms with Crippen molar-refractivity contribution in [3.63, 3.8) is 0 Å². The third-order valence-corrected chi connectivity index (χ3v) is 5.14. The minimum atomic E-state index is -0.185. The summed E-state index contributed by atoms with van der Waals surface area (Å²) in [7, 11) is 0. The molecule has 112 valence electrons. The van der Waals surface area contributed by atoms with Crippen molar-refractivity contribution in [3.05, 3.63) is 0 Å². The van der Waals surface area contributed by atoms with Gasteiger partial charge in [-0.05, 0) is 25.7 Å². The molecule has 2 saturated heterocycles. The summed E-state index contributed by atoms with van der Waals surface area (Å²) in [6.45, 7) is 1.37. The van der Waals surface area contributed by atoms with Crippen molar-refractivity contribution in [3.8, 4) is 0 Å². The number of rotatable bonds is 3. The first-order chi connectivity index (χ1) is 9.70. The first-order valence-corrected chi connectivity index (χ1v) is 7.91. The average molecular weight is 280 g/mol. The van der Waals surface area contributed by atoms with Crippen molar-refractivity contribution in [1.29, 1.82) is 0 Å². The molecule has 1 unspecified atom stereocenters. The van der Waals surface area contributed by atoms with Crippen LogP contribution in [0.4, 0.5) is 0 Å². The fourth-order valence-electron chi connectivity index (χ4n) is 4.02. The van der Waals surface area contributed by atoms with Crippen LogP contribution in [-0.4, -0.2) is 58.5 Å². The van der Waals surface area contributed by atoms with Crippen LogP contribution in [0.25, 0.3) is 0 Å². The van der Waals surface area contributed by atoms with Crippen molar-refractivity contribution >= 4 is 11.8 Å². The van der Waals surface area contributed by atoms with Crippen LogP contribution >= 0.6 is 0 Å². The first-order valence-electron chi connectivity index (χ1n) is 7.91. The van der Waals surface area contributed by atoms with Gasteiger partial charge in [-0.25, -0.2) is 0 Å². The van der Waals surface area contributed by atoms with Gasteiger partial charge in [-0.1, -0.05) is 12.8 Å². The molecule has 0 aromatic carbocycles. The van der Waals surface area contributed by atoms with E-state index in [9.17, 15) is 14.7 Å². The first kappa shape index (κ1) is 13.9. The lowest BCUT2D eigenvalue weighted by atomic mass is 10.1. The summed E-state index contributed by atoms with van der Waals surface area (Å²) in [6.07, 6.45) is 6.80. The van der Waals surface area contributed by atoms with E-state index in [4.69, 9.17) is 0 Å². The zero-order chi connectivity index (χ0) is 14.1. The number of carbonyl (C=O) groups excluding carboxylic acids is 2. The second kappa shape index (κ2) is 5.72. The number of likely N-dealkylation sites (tertiary alicyclic amines) is 2. The summed E-state index contributed by atoms with van der Waals surface area (Å²) < 4.78 is 0. The van der Waals surface area contributed by atoms with Gasteiger partial charge in [0.15, 0.2) is 0 Å². The Morgan fingerprint density at radius 1 is 1.20 bits per heavy atom. The van der Waals surface area contributed by atoms with E-state index in [0.717, 1.165) is 32.2 Å². The van der Waals surface area contributed by atoms with Gasteiger partial charge in [-0.2, -0.15) is 0 Å². The van der Waals surface area contributed by atoms with E-state index in [1.54, 1.807) is 4.90 Å². The van der Waals surface area contributed by atoms with Gasteiger partial charge in [0.05, 0.1) is 18.6 Å². The maximum atomic E-state index is 12.6. The van der Waals surface area contributed by atoms with E-state index in [1.807, 2.05) is 4.90 Å². The van der Waals surface area contributed by atoms with Gasteiger partial charge in [-0.15, -0.1) is 0 Å². The molecular formula is C15H24N2O3. The third-order valence-electron chi connectivity index (χ3n) is 5.14. The Kier molecular flexibility index (Phi) is 3.96. The quantitative estimate of drug-likeness (QED) is 0.830. The smallest absolute Gasteiger partial charge is 0.228 e. The number of aliphatic hydroxyl groups is 1. The third kappa shape index (κ3) is 2.43. The molecule has 3 rings (SSSR count). The van der Waals surface area contributed by atoms with Crippen LogP contribution in [0.2, 0.25) is 0 Å². The molecular weight excluding hydrogens is 256 g/mol. The molecule has 0 bridgehead atoms. The predicted molar refractivity (Wildman–Crippen MR) is 73.9 cm³/mol. The Hall–Kier alpha value is -1.10. The van der Waals surface area contributed by atoms with E-state index in [-0.39, 0.29) is 30.4 Å². The fourth-order valence-corrected chi connectivity index (χ4v) is 4.02. The monoisotopic (exact) mass is 280 g/mol. The molecule has 0 radical (unpaired) electrons. The van der Waals surface area contributed by atoms with Crippen molar-refractivity contribution in [2.45, 2.75) is 57.0 Å². The zero-order valence-corrected chi connectivity index (χ0v) is 12.0. The Morgan fingerprint density at radius 2 is 1.95 bits per heavy atom. The molecule has 2 atom stereocenters. The molecule has 5 heteroatoms. The molecule has 5 nitrogen and oxygen atoms in total. The van der Waals surface area contributed by atoms with Gasteiger partial charge < -0.3 is 14.9 Å². The van der Waals surface area contributed by atoms with Crippen LogP contribution in [-0.2, 0) is 9.59 Å². The number of hydrogen-bond acceptors (Lipinski definition) is 3. The molecule has 1 aliphatic carbocycles. The summed E-state index contributed by atoms with van der Waals surface area (Å²) >= 11 is 0. The average Bonchev–Trinajstić information content (AvgIpc) is 3.17. The van der Waals surface area contributed by atoms with Crippen LogP contribution in [0.1, 0.15) is 44.9 Å². The summed E-state index contributed by atoms with van der Waals surface area (Å²) in [4.78, 5) is 28.5. The van der Waals surface area contributed by atoms with Crippen LogP contribution in [0.3, 0.4) is 0 Å². The summed E-state index contributed by atoms with van der Waals surface area (Å²) in [5.74, 6) is 0.0423. The topological polar surface area (TPSA) is 60.9 Å². The normalized spacial score (nSPS) is 31.6. The SMILES string of the molecule is O=C1CC(C(=O)N2CCC[C@@H]2CO)CN1C1CCCC1. The van der Waals surface area contributed by atoms with Crippen molar-refractivity contribution < 1.29 is 14.7 Å². The molecule has 2 aliphatic heterocycles. The molecule has 2 heterocycles. The Bertz CT molecular complexity index is 393. The van der Waals surface area contributed by atoms with E-state index >= 15 is 0 Å². The molecule has 1 N–H and O–H groups in total. The van der Waals surface area contributed by atoms with Crippen LogP contribution < -0.4 is 0 Å². The zero-order valence-electron chi connectivity index (χ0n) is 12.0. The van der Waals surface area contributed by atoms with Crippen molar-refractivity contribution in [2.75, 3.05) is 19.7 Å². The highest BCUT2D eigenvalue weighted by Crippen LogP contribution is 2.31. The Morgan fingerprint density at radius 3 is 2.65 bits per heavy atom. The number of nitrogens with zero attached hydrogens (tertiary/aromatic N) is 2. The Balaban J connectivity index is 1.63. The van der Waals surface area contributed by atoms with Gasteiger partial charge >= 0.3 is 0 Å². The summed E-state index contributed by atoms with van der Waals surface area (Å²) in [5, 5.41) is 9.33. The summed E-state index contributed by atoms with van der Waals surface area (Å²) in [6, 6.07) is 0.339. The highest BCUT2D eigenvalue weighted by molar-refractivity contribution is 5.89. The highest BCUT2D eigenvalue weighted by Gasteiger charge is 2.42. The summed E-state index contributed by atoms with van der Waals surface area (Å²) in [5.41, 5.74) is 0. The molecule has 0 aromatic heterocycles. The minimum Gasteiger partial charge on any atom is -0.394 e. The molecule has 3 fully saturated rings.